The van der Waals surface area contributed by atoms with Crippen LogP contribution in [0.4, 0.5) is 13.2 Å². The molecule has 0 spiro atoms. The summed E-state index contributed by atoms with van der Waals surface area (Å²) in [7, 11) is -0.877. The summed E-state index contributed by atoms with van der Waals surface area (Å²) in [5.74, 6) is 0. The first-order valence-electron chi connectivity index (χ1n) is 8.78. The average Bonchev–Trinajstić information content (AvgIpc) is 3.44. The predicted molar refractivity (Wildman–Crippen MR) is 118 cm³/mol. The Bertz CT molecular complexity index is 829. The van der Waals surface area contributed by atoms with Gasteiger partial charge < -0.3 is 43.5 Å². The zero-order valence-corrected chi connectivity index (χ0v) is 20.1. The maximum Gasteiger partial charge on any atom is 0.102 e. The van der Waals surface area contributed by atoms with Gasteiger partial charge in [-0.15, -0.1) is 0 Å². The van der Waals surface area contributed by atoms with Crippen LogP contribution >= 0.6 is 7.92 Å². The van der Waals surface area contributed by atoms with Gasteiger partial charge in [0.15, 0.2) is 6.68 Å². The Balaban J connectivity index is 0. The van der Waals surface area contributed by atoms with Crippen molar-refractivity contribution in [1.29, 1.82) is 0 Å². The number of hydrogen-bond donors (Lipinski definition) is 0. The van der Waals surface area contributed by atoms with Crippen LogP contribution in [-0.2, 0) is 30.4 Å². The minimum absolute atomic E-state index is 0. The largest absolute Gasteiger partial charge is 0.999 e. The van der Waals surface area contributed by atoms with Crippen LogP contribution in [0.2, 0.25) is 0 Å². The molecule has 2 nitrogen and oxygen atoms in total. The Morgan fingerprint density at radius 2 is 0.848 bits per heavy atom. The van der Waals surface area contributed by atoms with Crippen molar-refractivity contribution >= 4 is 23.8 Å². The first-order valence-corrected chi connectivity index (χ1v) is 10.3. The van der Waals surface area contributed by atoms with Gasteiger partial charge in [-0.05, 0) is 36.4 Å². The summed E-state index contributed by atoms with van der Waals surface area (Å²) in [5.41, 5.74) is 0. The van der Waals surface area contributed by atoms with Crippen LogP contribution in [0.1, 0.15) is 0 Å². The fraction of sp³-hybridized carbons (Fsp3) is 0. The fourth-order valence-corrected chi connectivity index (χ4v) is 5.07. The van der Waals surface area contributed by atoms with Crippen molar-refractivity contribution in [3.05, 3.63) is 141 Å². The van der Waals surface area contributed by atoms with Crippen molar-refractivity contribution in [1.82, 2.24) is 0 Å². The molecule has 0 aliphatic carbocycles. The molecule has 0 atom stereocenters. The van der Waals surface area contributed by atoms with Crippen LogP contribution in [0.15, 0.2) is 97.1 Å². The molecule has 0 amide bonds. The van der Waals surface area contributed by atoms with E-state index in [2.05, 4.69) is 129 Å². The van der Waals surface area contributed by atoms with E-state index < -0.39 is 14.6 Å². The Kier molecular flexibility index (Phi) is 22.3. The van der Waals surface area contributed by atoms with Crippen LogP contribution in [0.5, 0.6) is 0 Å². The van der Waals surface area contributed by atoms with Crippen molar-refractivity contribution in [2.24, 2.45) is 0 Å². The molecular formula is C26H17F3MoO2P-5. The van der Waals surface area contributed by atoms with Crippen molar-refractivity contribution in [3.63, 3.8) is 0 Å². The molecule has 0 aliphatic rings. The van der Waals surface area contributed by atoms with E-state index in [9.17, 15) is 13.2 Å². The van der Waals surface area contributed by atoms with Gasteiger partial charge in [0, 0.05) is 21.1 Å². The molecule has 0 heterocycles. The molecule has 170 valence electrons. The standard InChI is InChI=1S/C18H15P.C5H.CF3.2CO.Mo/c1-4-10-16(11-5-1)19(17-12-6-2-7-13-17)18-14-8-3-9-15-18;1-2-4-5-3-1;2-1(3)4;2*1-2;/h1-15H;1H;;;;/q;-5;-1;;;/p+1. The van der Waals surface area contributed by atoms with Gasteiger partial charge in [-0.1, -0.05) is 54.6 Å². The topological polar surface area (TPSA) is 39.8 Å². The van der Waals surface area contributed by atoms with E-state index in [0.29, 0.717) is 0 Å². The predicted octanol–water partition coefficient (Wildman–Crippen LogP) is 5.05. The molecule has 0 aromatic heterocycles. The Morgan fingerprint density at radius 3 is 1.03 bits per heavy atom. The van der Waals surface area contributed by atoms with E-state index in [1.165, 1.54) is 15.9 Å². The SMILES string of the molecule is F[C-](F)F.[C-]#[O+].[C-]#[O+].[Mo].[c-]1[c-][c-][cH-][c-]1.c1ccc([PH+](c2ccccc2)c2ccccc2)cc1. The molecule has 0 saturated heterocycles. The van der Waals surface area contributed by atoms with Crippen LogP contribution in [-0.4, -0.2) is 0 Å². The quantitative estimate of drug-likeness (QED) is 0.150. The molecule has 0 bridgehead atoms. The molecule has 4 aromatic rings. The zero-order chi connectivity index (χ0) is 24.0. The summed E-state index contributed by atoms with van der Waals surface area (Å²) < 4.78 is 43.8. The summed E-state index contributed by atoms with van der Waals surface area (Å²) >= 11 is 0. The van der Waals surface area contributed by atoms with Crippen molar-refractivity contribution in [3.8, 4) is 0 Å². The van der Waals surface area contributed by atoms with Gasteiger partial charge in [0.25, 0.3) is 0 Å². The molecule has 0 fully saturated rings. The molecule has 0 saturated carbocycles. The second kappa shape index (κ2) is 22.6. The molecule has 0 unspecified atom stereocenters. The van der Waals surface area contributed by atoms with Crippen LogP contribution in [0.25, 0.3) is 0 Å². The normalized spacial score (nSPS) is 8.52. The minimum Gasteiger partial charge on any atom is -0.999 e. The first-order chi connectivity index (χ1) is 15.7. The van der Waals surface area contributed by atoms with Gasteiger partial charge in [0.05, 0.1) is 7.92 Å². The maximum absolute atomic E-state index is 9.58. The van der Waals surface area contributed by atoms with Crippen LogP contribution in [0.3, 0.4) is 0 Å². The zero-order valence-electron chi connectivity index (χ0n) is 17.1. The molecule has 0 radical (unpaired) electrons. The van der Waals surface area contributed by atoms with Gasteiger partial charge >= 0.3 is 22.6 Å². The number of benzene rings is 3. The van der Waals surface area contributed by atoms with Crippen molar-refractivity contribution in [2.45, 2.75) is 0 Å². The monoisotopic (exact) mass is 547 g/mol. The first kappa shape index (κ1) is 32.6. The number of rotatable bonds is 3. The van der Waals surface area contributed by atoms with Crippen LogP contribution in [0, 0.1) is 44.2 Å². The van der Waals surface area contributed by atoms with E-state index >= 15 is 0 Å². The van der Waals surface area contributed by atoms with Gasteiger partial charge in [0.2, 0.25) is 0 Å². The molecular weight excluding hydrogens is 528 g/mol. The third-order valence-electron chi connectivity index (χ3n) is 3.54. The van der Waals surface area contributed by atoms with E-state index in [1.54, 1.807) is 6.07 Å². The molecule has 7 heteroatoms. The number of halogens is 3. The molecule has 0 aliphatic heterocycles. The van der Waals surface area contributed by atoms with Crippen molar-refractivity contribution < 1.29 is 43.5 Å². The van der Waals surface area contributed by atoms with E-state index in [4.69, 9.17) is 9.30 Å². The summed E-state index contributed by atoms with van der Waals surface area (Å²) in [6, 6.07) is 44.5. The van der Waals surface area contributed by atoms with Crippen molar-refractivity contribution in [2.75, 3.05) is 0 Å². The van der Waals surface area contributed by atoms with E-state index in [1.807, 2.05) is 0 Å². The molecule has 4 rings (SSSR count). The number of hydrogen-bond acceptors (Lipinski definition) is 0. The smallest absolute Gasteiger partial charge is 0.102 e. The summed E-state index contributed by atoms with van der Waals surface area (Å²) in [4.78, 5) is 0. The molecule has 0 N–H and O–H groups in total. The molecule has 4 aromatic carbocycles. The Morgan fingerprint density at radius 1 is 0.606 bits per heavy atom. The second-order valence-electron chi connectivity index (χ2n) is 5.37. The van der Waals surface area contributed by atoms with E-state index in [0.717, 1.165) is 0 Å². The maximum atomic E-state index is 9.58. The third kappa shape index (κ3) is 15.0. The third-order valence-corrected chi connectivity index (χ3v) is 6.27. The summed E-state index contributed by atoms with van der Waals surface area (Å²) in [6.45, 7) is 5.92. The summed E-state index contributed by atoms with van der Waals surface area (Å²) in [6.07, 6.45) is 0. The van der Waals surface area contributed by atoms with Crippen LogP contribution < -0.4 is 15.9 Å². The average molecular weight is 545 g/mol. The van der Waals surface area contributed by atoms with Gasteiger partial charge in [-0.25, -0.2) is 0 Å². The molecule has 33 heavy (non-hydrogen) atoms. The minimum atomic E-state index is -3.08. The Labute approximate surface area is 208 Å². The second-order valence-corrected chi connectivity index (χ2v) is 7.85. The Hall–Kier alpha value is -2.60. The fourth-order valence-electron chi connectivity index (χ4n) is 2.49. The summed E-state index contributed by atoms with van der Waals surface area (Å²) in [5, 5.41) is 4.31. The van der Waals surface area contributed by atoms with Gasteiger partial charge in [-0.2, -0.15) is 0 Å². The van der Waals surface area contributed by atoms with E-state index in [-0.39, 0.29) is 21.1 Å². The van der Waals surface area contributed by atoms with Gasteiger partial charge in [-0.3, -0.25) is 0 Å². The van der Waals surface area contributed by atoms with Gasteiger partial charge in [0.1, 0.15) is 15.9 Å².